The van der Waals surface area contributed by atoms with Crippen molar-refractivity contribution in [2.75, 3.05) is 19.6 Å². The van der Waals surface area contributed by atoms with Gasteiger partial charge in [-0.3, -0.25) is 0 Å². The van der Waals surface area contributed by atoms with Crippen molar-refractivity contribution >= 4 is 0 Å². The van der Waals surface area contributed by atoms with E-state index in [1.165, 1.54) is 6.07 Å². The van der Waals surface area contributed by atoms with E-state index in [4.69, 9.17) is 5.73 Å². The lowest BCUT2D eigenvalue weighted by Gasteiger charge is -2.33. The molecule has 0 saturated carbocycles. The maximum Gasteiger partial charge on any atom is 0.418 e. The van der Waals surface area contributed by atoms with Gasteiger partial charge in [-0.05, 0) is 55.1 Å². The zero-order valence-corrected chi connectivity index (χ0v) is 12.7. The SMILES string of the molecule is CCN1CCC(c2cccc(C(O)C(F)(F)F)c2CN)CC1. The number of aliphatic hydroxyl groups is 1. The Hall–Kier alpha value is -1.11. The Labute approximate surface area is 128 Å². The van der Waals surface area contributed by atoms with Crippen molar-refractivity contribution in [1.82, 2.24) is 4.90 Å². The van der Waals surface area contributed by atoms with Crippen LogP contribution in [-0.2, 0) is 6.54 Å². The minimum Gasteiger partial charge on any atom is -0.379 e. The van der Waals surface area contributed by atoms with Crippen molar-refractivity contribution in [3.05, 3.63) is 34.9 Å². The zero-order chi connectivity index (χ0) is 16.3. The van der Waals surface area contributed by atoms with Gasteiger partial charge in [0.05, 0.1) is 0 Å². The lowest BCUT2D eigenvalue weighted by molar-refractivity contribution is -0.207. The van der Waals surface area contributed by atoms with E-state index in [1.807, 2.05) is 6.07 Å². The van der Waals surface area contributed by atoms with Crippen molar-refractivity contribution in [2.45, 2.75) is 44.5 Å². The number of nitrogens with zero attached hydrogens (tertiary/aromatic N) is 1. The van der Waals surface area contributed by atoms with Gasteiger partial charge >= 0.3 is 6.18 Å². The first-order valence-electron chi connectivity index (χ1n) is 7.67. The van der Waals surface area contributed by atoms with Gasteiger partial charge in [-0.2, -0.15) is 13.2 Å². The van der Waals surface area contributed by atoms with Crippen LogP contribution >= 0.6 is 0 Å². The highest BCUT2D eigenvalue weighted by Gasteiger charge is 2.40. The fraction of sp³-hybridized carbons (Fsp3) is 0.625. The topological polar surface area (TPSA) is 49.5 Å². The van der Waals surface area contributed by atoms with Crippen LogP contribution in [-0.4, -0.2) is 35.8 Å². The van der Waals surface area contributed by atoms with Crippen LogP contribution in [0.3, 0.4) is 0 Å². The Bertz CT molecular complexity index is 497. The van der Waals surface area contributed by atoms with Gasteiger partial charge in [-0.25, -0.2) is 0 Å². The second-order valence-electron chi connectivity index (χ2n) is 5.77. The van der Waals surface area contributed by atoms with Crippen LogP contribution < -0.4 is 5.73 Å². The third-order valence-corrected chi connectivity index (χ3v) is 4.53. The molecule has 1 aliphatic heterocycles. The molecule has 0 amide bonds. The van der Waals surface area contributed by atoms with Crippen LogP contribution in [0.15, 0.2) is 18.2 Å². The summed E-state index contributed by atoms with van der Waals surface area (Å²) < 4.78 is 38.5. The van der Waals surface area contributed by atoms with Crippen LogP contribution in [0.5, 0.6) is 0 Å². The van der Waals surface area contributed by atoms with Gasteiger partial charge < -0.3 is 15.7 Å². The first-order valence-corrected chi connectivity index (χ1v) is 7.67. The number of hydrogen-bond acceptors (Lipinski definition) is 3. The van der Waals surface area contributed by atoms with E-state index in [9.17, 15) is 18.3 Å². The molecule has 3 nitrogen and oxygen atoms in total. The molecule has 1 aromatic rings. The van der Waals surface area contributed by atoms with Crippen LogP contribution in [0.4, 0.5) is 13.2 Å². The third-order valence-electron chi connectivity index (χ3n) is 4.53. The highest BCUT2D eigenvalue weighted by Crippen LogP contribution is 2.38. The largest absolute Gasteiger partial charge is 0.418 e. The molecule has 1 unspecified atom stereocenters. The zero-order valence-electron chi connectivity index (χ0n) is 12.7. The molecule has 1 aromatic carbocycles. The predicted octanol–water partition coefficient (Wildman–Crippen LogP) is 2.94. The molecule has 124 valence electrons. The average molecular weight is 316 g/mol. The number of alkyl halides is 3. The third kappa shape index (κ3) is 3.62. The number of rotatable bonds is 4. The molecule has 0 aliphatic carbocycles. The van der Waals surface area contributed by atoms with Gasteiger partial charge in [0.2, 0.25) is 0 Å². The molecular weight excluding hydrogens is 293 g/mol. The number of benzene rings is 1. The minimum absolute atomic E-state index is 0.00659. The first-order chi connectivity index (χ1) is 10.4. The Kier molecular flexibility index (Phi) is 5.47. The molecule has 1 fully saturated rings. The first kappa shape index (κ1) is 17.2. The van der Waals surface area contributed by atoms with E-state index in [0.29, 0.717) is 5.56 Å². The fourth-order valence-corrected chi connectivity index (χ4v) is 3.23. The molecular formula is C16H23F3N2O. The van der Waals surface area contributed by atoms with Gasteiger partial charge in [0.15, 0.2) is 6.10 Å². The fourth-order valence-electron chi connectivity index (χ4n) is 3.23. The molecule has 1 aliphatic rings. The quantitative estimate of drug-likeness (QED) is 0.898. The summed E-state index contributed by atoms with van der Waals surface area (Å²) in [7, 11) is 0. The van der Waals surface area contributed by atoms with E-state index in [2.05, 4.69) is 11.8 Å². The maximum absolute atomic E-state index is 12.8. The molecule has 0 radical (unpaired) electrons. The molecule has 0 aromatic heterocycles. The van der Waals surface area contributed by atoms with Gasteiger partial charge in [-0.1, -0.05) is 25.1 Å². The van der Waals surface area contributed by atoms with E-state index < -0.39 is 12.3 Å². The van der Waals surface area contributed by atoms with E-state index >= 15 is 0 Å². The van der Waals surface area contributed by atoms with Gasteiger partial charge in [0.1, 0.15) is 0 Å². The van der Waals surface area contributed by atoms with Crippen LogP contribution in [0, 0.1) is 0 Å². The molecule has 6 heteroatoms. The smallest absolute Gasteiger partial charge is 0.379 e. The van der Waals surface area contributed by atoms with Gasteiger partial charge in [0.25, 0.3) is 0 Å². The number of nitrogens with two attached hydrogens (primary N) is 1. The Balaban J connectivity index is 2.29. The molecule has 0 bridgehead atoms. The van der Waals surface area contributed by atoms with Crippen molar-refractivity contribution in [3.8, 4) is 0 Å². The van der Waals surface area contributed by atoms with E-state index in [-0.39, 0.29) is 18.0 Å². The highest BCUT2D eigenvalue weighted by molar-refractivity contribution is 5.39. The second kappa shape index (κ2) is 6.98. The number of likely N-dealkylation sites (tertiary alicyclic amines) is 1. The summed E-state index contributed by atoms with van der Waals surface area (Å²) in [5.74, 6) is 0.210. The standard InChI is InChI=1S/C16H23F3N2O/c1-2-21-8-6-11(7-9-21)12-4-3-5-13(14(12)10-20)15(22)16(17,18)19/h3-5,11,15,22H,2,6-10,20H2,1H3. The van der Waals surface area contributed by atoms with Crippen LogP contribution in [0.2, 0.25) is 0 Å². The number of hydrogen-bond donors (Lipinski definition) is 2. The van der Waals surface area contributed by atoms with Crippen LogP contribution in [0.25, 0.3) is 0 Å². The molecule has 1 heterocycles. The highest BCUT2D eigenvalue weighted by atomic mass is 19.4. The van der Waals surface area contributed by atoms with Crippen molar-refractivity contribution in [2.24, 2.45) is 5.73 Å². The Morgan fingerprint density at radius 2 is 1.95 bits per heavy atom. The summed E-state index contributed by atoms with van der Waals surface area (Å²) in [4.78, 5) is 2.33. The molecule has 1 atom stereocenters. The van der Waals surface area contributed by atoms with E-state index in [1.54, 1.807) is 6.07 Å². The summed E-state index contributed by atoms with van der Waals surface area (Å²) >= 11 is 0. The summed E-state index contributed by atoms with van der Waals surface area (Å²) in [6, 6.07) is 4.76. The molecule has 2 rings (SSSR count). The lowest BCUT2D eigenvalue weighted by atomic mass is 9.84. The number of aliphatic hydroxyl groups excluding tert-OH is 1. The Morgan fingerprint density at radius 1 is 1.32 bits per heavy atom. The van der Waals surface area contributed by atoms with Gasteiger partial charge in [-0.15, -0.1) is 0 Å². The van der Waals surface area contributed by atoms with Gasteiger partial charge in [0, 0.05) is 6.54 Å². The van der Waals surface area contributed by atoms with E-state index in [0.717, 1.165) is 38.0 Å². The molecule has 3 N–H and O–H groups in total. The monoisotopic (exact) mass is 316 g/mol. The Morgan fingerprint density at radius 3 is 2.45 bits per heavy atom. The number of piperidine rings is 1. The molecule has 1 saturated heterocycles. The maximum atomic E-state index is 12.8. The molecule has 22 heavy (non-hydrogen) atoms. The summed E-state index contributed by atoms with van der Waals surface area (Å²) in [5, 5.41) is 9.58. The normalized spacial score (nSPS) is 19.4. The summed E-state index contributed by atoms with van der Waals surface area (Å²) in [5.41, 5.74) is 6.90. The number of halogens is 3. The second-order valence-corrected chi connectivity index (χ2v) is 5.77. The molecule has 0 spiro atoms. The predicted molar refractivity (Wildman–Crippen MR) is 79.4 cm³/mol. The van der Waals surface area contributed by atoms with Crippen molar-refractivity contribution < 1.29 is 18.3 Å². The summed E-state index contributed by atoms with van der Waals surface area (Å²) in [6.45, 7) is 4.98. The van der Waals surface area contributed by atoms with Crippen molar-refractivity contribution in [1.29, 1.82) is 0 Å². The summed E-state index contributed by atoms with van der Waals surface area (Å²) in [6.07, 6.45) is -5.32. The van der Waals surface area contributed by atoms with Crippen LogP contribution in [0.1, 0.15) is 48.5 Å². The lowest BCUT2D eigenvalue weighted by Crippen LogP contribution is -2.33. The average Bonchev–Trinajstić information content (AvgIpc) is 2.52. The van der Waals surface area contributed by atoms with Crippen molar-refractivity contribution in [3.63, 3.8) is 0 Å². The minimum atomic E-state index is -4.67.